The van der Waals surface area contributed by atoms with E-state index < -0.39 is 12.1 Å². The molecule has 7 nitrogen and oxygen atoms in total. The van der Waals surface area contributed by atoms with Crippen molar-refractivity contribution in [3.8, 4) is 11.5 Å². The van der Waals surface area contributed by atoms with Crippen molar-refractivity contribution in [1.82, 2.24) is 10.2 Å². The topological polar surface area (TPSA) is 74.3 Å². The van der Waals surface area contributed by atoms with Crippen LogP contribution in [0.25, 0.3) is 10.1 Å². The second-order valence-corrected chi connectivity index (χ2v) is 11.9. The number of aliphatic hydroxyl groups is 1. The van der Waals surface area contributed by atoms with Gasteiger partial charge in [0.05, 0.1) is 16.3 Å². The van der Waals surface area contributed by atoms with Crippen molar-refractivity contribution < 1.29 is 19.4 Å². The lowest BCUT2D eigenvalue weighted by Crippen LogP contribution is -2.48. The molecule has 2 aromatic carbocycles. The summed E-state index contributed by atoms with van der Waals surface area (Å²) in [6.45, 7) is 5.10. The molecular weight excluding hydrogens is 510 g/mol. The molecule has 3 aliphatic heterocycles. The number of hydrogen-bond acceptors (Lipinski definition) is 7. The standard InChI is InChI=1S/C28H32ClN3O4S/c29-26-14-18-3-5-21(15-25(18)37-26)32-10-7-20(16-32)28(34)30-22(17-31-8-1-2-9-31)27(33)19-4-6-23-24(13-19)36-12-11-35-23/h3-6,13-15,20,22,27,33H,1-2,7-12,16-17H2,(H,30,34). The first-order valence-corrected chi connectivity index (χ1v) is 14.3. The van der Waals surface area contributed by atoms with Gasteiger partial charge in [0.1, 0.15) is 19.3 Å². The molecule has 3 atom stereocenters. The summed E-state index contributed by atoms with van der Waals surface area (Å²) in [7, 11) is 0. The van der Waals surface area contributed by atoms with E-state index in [2.05, 4.69) is 33.3 Å². The lowest BCUT2D eigenvalue weighted by molar-refractivity contribution is -0.126. The van der Waals surface area contributed by atoms with Gasteiger partial charge in [0.25, 0.3) is 0 Å². The molecule has 0 aliphatic carbocycles. The van der Waals surface area contributed by atoms with Crippen LogP contribution in [0.1, 0.15) is 30.9 Å². The third kappa shape index (κ3) is 5.39. The number of hydrogen-bond donors (Lipinski definition) is 2. The number of nitrogens with zero attached hydrogens (tertiary/aromatic N) is 2. The molecule has 3 unspecified atom stereocenters. The van der Waals surface area contributed by atoms with E-state index >= 15 is 0 Å². The molecule has 37 heavy (non-hydrogen) atoms. The number of likely N-dealkylation sites (tertiary alicyclic amines) is 1. The fraction of sp³-hybridized carbons (Fsp3) is 0.464. The van der Waals surface area contributed by atoms with Crippen molar-refractivity contribution >= 4 is 44.6 Å². The van der Waals surface area contributed by atoms with E-state index in [0.29, 0.717) is 37.8 Å². The smallest absolute Gasteiger partial charge is 0.225 e. The normalized spacial score (nSPS) is 21.4. The van der Waals surface area contributed by atoms with Crippen molar-refractivity contribution in [1.29, 1.82) is 0 Å². The van der Waals surface area contributed by atoms with Gasteiger partial charge in [0.15, 0.2) is 11.5 Å². The number of halogens is 1. The third-order valence-corrected chi connectivity index (χ3v) is 8.89. The van der Waals surface area contributed by atoms with E-state index in [0.717, 1.165) is 64.6 Å². The van der Waals surface area contributed by atoms with E-state index in [1.807, 2.05) is 24.3 Å². The van der Waals surface area contributed by atoms with E-state index in [-0.39, 0.29) is 11.8 Å². The number of fused-ring (bicyclic) bond motifs is 2. The number of carbonyl (C=O) groups excluding carboxylic acids is 1. The molecule has 3 aliphatic rings. The molecule has 2 saturated heterocycles. The van der Waals surface area contributed by atoms with Gasteiger partial charge in [-0.15, -0.1) is 11.3 Å². The van der Waals surface area contributed by atoms with Gasteiger partial charge < -0.3 is 29.7 Å². The fourth-order valence-electron chi connectivity index (χ4n) is 5.64. The van der Waals surface area contributed by atoms with Crippen LogP contribution in [0, 0.1) is 5.92 Å². The Balaban J connectivity index is 1.15. The molecule has 9 heteroatoms. The predicted octanol–water partition coefficient (Wildman–Crippen LogP) is 4.47. The Hall–Kier alpha value is -2.52. The summed E-state index contributed by atoms with van der Waals surface area (Å²) in [5, 5.41) is 15.8. The first-order chi connectivity index (χ1) is 18.0. The summed E-state index contributed by atoms with van der Waals surface area (Å²) in [6.07, 6.45) is 2.24. The zero-order valence-corrected chi connectivity index (χ0v) is 22.3. The van der Waals surface area contributed by atoms with Gasteiger partial charge in [-0.1, -0.05) is 23.7 Å². The number of ether oxygens (including phenoxy) is 2. The van der Waals surface area contributed by atoms with Crippen LogP contribution in [0.4, 0.5) is 5.69 Å². The zero-order valence-electron chi connectivity index (χ0n) is 20.7. The Bertz CT molecular complexity index is 1280. The van der Waals surface area contributed by atoms with Crippen LogP contribution >= 0.6 is 22.9 Å². The highest BCUT2D eigenvalue weighted by Crippen LogP contribution is 2.35. The monoisotopic (exact) mass is 541 g/mol. The Labute approximate surface area is 225 Å². The minimum absolute atomic E-state index is 0.00327. The summed E-state index contributed by atoms with van der Waals surface area (Å²) in [4.78, 5) is 18.1. The summed E-state index contributed by atoms with van der Waals surface area (Å²) in [5.41, 5.74) is 1.84. The number of anilines is 1. The van der Waals surface area contributed by atoms with Crippen LogP contribution < -0.4 is 19.7 Å². The van der Waals surface area contributed by atoms with Crippen LogP contribution in [0.15, 0.2) is 42.5 Å². The average Bonchev–Trinajstić information content (AvgIpc) is 3.67. The van der Waals surface area contributed by atoms with Gasteiger partial charge in [0.2, 0.25) is 5.91 Å². The minimum atomic E-state index is -0.844. The van der Waals surface area contributed by atoms with Gasteiger partial charge in [0, 0.05) is 30.0 Å². The number of rotatable bonds is 7. The van der Waals surface area contributed by atoms with E-state index in [9.17, 15) is 9.90 Å². The molecule has 4 heterocycles. The van der Waals surface area contributed by atoms with Crippen LogP contribution in [0.5, 0.6) is 11.5 Å². The van der Waals surface area contributed by atoms with E-state index in [4.69, 9.17) is 21.1 Å². The molecule has 0 spiro atoms. The molecule has 3 aromatic rings. The molecule has 1 amide bonds. The maximum absolute atomic E-state index is 13.5. The number of carbonyl (C=O) groups is 1. The second-order valence-electron chi connectivity index (χ2n) is 10.2. The molecule has 2 fully saturated rings. The molecule has 0 bridgehead atoms. The van der Waals surface area contributed by atoms with E-state index in [1.165, 1.54) is 0 Å². The number of benzene rings is 2. The number of thiophene rings is 1. The molecule has 1 aromatic heterocycles. The highest BCUT2D eigenvalue weighted by Gasteiger charge is 2.33. The summed E-state index contributed by atoms with van der Waals surface area (Å²) in [5.74, 6) is 1.21. The Kier molecular flexibility index (Phi) is 7.16. The number of amides is 1. The van der Waals surface area contributed by atoms with Gasteiger partial charge in [-0.25, -0.2) is 0 Å². The molecular formula is C28H32ClN3O4S. The van der Waals surface area contributed by atoms with Crippen molar-refractivity contribution in [2.75, 3.05) is 50.8 Å². The Morgan fingerprint density at radius 3 is 2.73 bits per heavy atom. The maximum Gasteiger partial charge on any atom is 0.225 e. The van der Waals surface area contributed by atoms with Crippen molar-refractivity contribution in [2.45, 2.75) is 31.4 Å². The predicted molar refractivity (Wildman–Crippen MR) is 147 cm³/mol. The van der Waals surface area contributed by atoms with Crippen LogP contribution in [0.3, 0.4) is 0 Å². The summed E-state index contributed by atoms with van der Waals surface area (Å²) < 4.78 is 13.3. The molecule has 0 radical (unpaired) electrons. The highest BCUT2D eigenvalue weighted by molar-refractivity contribution is 7.22. The first kappa shape index (κ1) is 24.8. The largest absolute Gasteiger partial charge is 0.486 e. The molecule has 0 saturated carbocycles. The Morgan fingerprint density at radius 2 is 1.89 bits per heavy atom. The van der Waals surface area contributed by atoms with Gasteiger partial charge in [-0.3, -0.25) is 4.79 Å². The van der Waals surface area contributed by atoms with E-state index in [1.54, 1.807) is 11.3 Å². The number of aliphatic hydroxyl groups excluding tert-OH is 1. The molecule has 6 rings (SSSR count). The third-order valence-electron chi connectivity index (χ3n) is 7.67. The zero-order chi connectivity index (χ0) is 25.4. The van der Waals surface area contributed by atoms with Crippen molar-refractivity contribution in [3.63, 3.8) is 0 Å². The lowest BCUT2D eigenvalue weighted by Gasteiger charge is -2.30. The molecule has 196 valence electrons. The Morgan fingerprint density at radius 1 is 1.08 bits per heavy atom. The SMILES string of the molecule is O=C(NC(CN1CCCC1)C(O)c1ccc2c(c1)OCCO2)C1CCN(c2ccc3cc(Cl)sc3c2)C1. The maximum atomic E-state index is 13.5. The average molecular weight is 542 g/mol. The minimum Gasteiger partial charge on any atom is -0.486 e. The van der Waals surface area contributed by atoms with Crippen molar-refractivity contribution in [3.05, 3.63) is 52.4 Å². The van der Waals surface area contributed by atoms with Gasteiger partial charge in [-0.2, -0.15) is 0 Å². The van der Waals surface area contributed by atoms with Crippen LogP contribution in [-0.2, 0) is 4.79 Å². The quantitative estimate of drug-likeness (QED) is 0.460. The van der Waals surface area contributed by atoms with Crippen molar-refractivity contribution in [2.24, 2.45) is 5.92 Å². The number of nitrogens with one attached hydrogen (secondary N) is 1. The lowest BCUT2D eigenvalue weighted by atomic mass is 9.99. The first-order valence-electron chi connectivity index (χ1n) is 13.1. The van der Waals surface area contributed by atoms with Gasteiger partial charge in [-0.05, 0) is 73.6 Å². The van der Waals surface area contributed by atoms with Crippen LogP contribution in [0.2, 0.25) is 4.34 Å². The molecule has 2 N–H and O–H groups in total. The summed E-state index contributed by atoms with van der Waals surface area (Å²) >= 11 is 7.76. The second kappa shape index (κ2) is 10.7. The van der Waals surface area contributed by atoms with Crippen LogP contribution in [-0.4, -0.2) is 67.9 Å². The highest BCUT2D eigenvalue weighted by atomic mass is 35.5. The summed E-state index contributed by atoms with van der Waals surface area (Å²) in [6, 6.07) is 13.5. The van der Waals surface area contributed by atoms with Gasteiger partial charge >= 0.3 is 0 Å². The fourth-order valence-corrected chi connectivity index (χ4v) is 6.82.